The normalized spacial score (nSPS) is 15.7. The Morgan fingerprint density at radius 2 is 1.90 bits per heavy atom. The van der Waals surface area contributed by atoms with Crippen molar-refractivity contribution in [1.82, 2.24) is 4.90 Å². The summed E-state index contributed by atoms with van der Waals surface area (Å²) in [6, 6.07) is 7.80. The maximum absolute atomic E-state index is 12.5. The molecule has 20 heavy (non-hydrogen) atoms. The van der Waals surface area contributed by atoms with E-state index in [0.29, 0.717) is 5.56 Å². The van der Waals surface area contributed by atoms with E-state index in [1.54, 1.807) is 11.8 Å². The third kappa shape index (κ3) is 3.38. The van der Waals surface area contributed by atoms with E-state index in [1.807, 2.05) is 24.3 Å². The summed E-state index contributed by atoms with van der Waals surface area (Å²) in [6.07, 6.45) is 2.90. The molecule has 0 spiro atoms. The third-order valence-electron chi connectivity index (χ3n) is 3.75. The molecule has 0 aliphatic heterocycles. The van der Waals surface area contributed by atoms with Crippen LogP contribution < -0.4 is 0 Å². The van der Waals surface area contributed by atoms with E-state index in [1.165, 1.54) is 5.56 Å². The van der Waals surface area contributed by atoms with E-state index < -0.39 is 11.9 Å². The Hall–Kier alpha value is -1.84. The fourth-order valence-corrected chi connectivity index (χ4v) is 2.21. The van der Waals surface area contributed by atoms with Crippen LogP contribution in [0.15, 0.2) is 24.3 Å². The standard InChI is InChI=1S/C16H21NO3/c1-3-12-4-6-13(7-5-12)15(18)17(14-8-9-14)10-11(2)16(19)20/h4-7,11,14H,3,8-10H2,1-2H3,(H,19,20). The number of aliphatic carboxylic acids is 1. The predicted octanol–water partition coefficient (Wildman–Crippen LogP) is 2.57. The Morgan fingerprint density at radius 3 is 2.35 bits per heavy atom. The maximum Gasteiger partial charge on any atom is 0.308 e. The molecule has 1 saturated carbocycles. The molecule has 1 unspecified atom stereocenters. The zero-order chi connectivity index (χ0) is 14.7. The number of carboxylic acid groups (broad SMARTS) is 1. The van der Waals surface area contributed by atoms with Crippen LogP contribution in [0.2, 0.25) is 0 Å². The van der Waals surface area contributed by atoms with Crippen molar-refractivity contribution in [3.8, 4) is 0 Å². The zero-order valence-electron chi connectivity index (χ0n) is 12.0. The number of carbonyl (C=O) groups excluding carboxylic acids is 1. The van der Waals surface area contributed by atoms with E-state index in [9.17, 15) is 9.59 Å². The van der Waals surface area contributed by atoms with Gasteiger partial charge in [0.1, 0.15) is 0 Å². The van der Waals surface area contributed by atoms with Crippen molar-refractivity contribution in [1.29, 1.82) is 0 Å². The lowest BCUT2D eigenvalue weighted by Gasteiger charge is -2.24. The van der Waals surface area contributed by atoms with Crippen molar-refractivity contribution in [2.45, 2.75) is 39.2 Å². The third-order valence-corrected chi connectivity index (χ3v) is 3.75. The Bertz CT molecular complexity index is 491. The Labute approximate surface area is 119 Å². The molecule has 4 heteroatoms. The van der Waals surface area contributed by atoms with Gasteiger partial charge >= 0.3 is 5.97 Å². The second kappa shape index (κ2) is 6.07. The summed E-state index contributed by atoms with van der Waals surface area (Å²) in [7, 11) is 0. The maximum atomic E-state index is 12.5. The minimum absolute atomic E-state index is 0.0525. The summed E-state index contributed by atoms with van der Waals surface area (Å²) in [4.78, 5) is 25.2. The second-order valence-electron chi connectivity index (χ2n) is 5.48. The molecule has 1 aliphatic carbocycles. The predicted molar refractivity (Wildman–Crippen MR) is 76.7 cm³/mol. The van der Waals surface area contributed by atoms with Crippen molar-refractivity contribution in [3.63, 3.8) is 0 Å². The fraction of sp³-hybridized carbons (Fsp3) is 0.500. The largest absolute Gasteiger partial charge is 0.481 e. The minimum atomic E-state index is -0.857. The summed E-state index contributed by atoms with van der Waals surface area (Å²) < 4.78 is 0. The lowest BCUT2D eigenvalue weighted by molar-refractivity contribution is -0.141. The van der Waals surface area contributed by atoms with Crippen LogP contribution in [0.25, 0.3) is 0 Å². The Kier molecular flexibility index (Phi) is 4.42. The quantitative estimate of drug-likeness (QED) is 0.868. The average Bonchev–Trinajstić information content (AvgIpc) is 3.28. The van der Waals surface area contributed by atoms with Crippen LogP contribution in [0.4, 0.5) is 0 Å². The van der Waals surface area contributed by atoms with Crippen LogP contribution in [-0.4, -0.2) is 34.5 Å². The molecule has 0 aromatic heterocycles. The highest BCUT2D eigenvalue weighted by Gasteiger charge is 2.34. The number of nitrogens with zero attached hydrogens (tertiary/aromatic N) is 1. The van der Waals surface area contributed by atoms with Crippen LogP contribution in [0, 0.1) is 5.92 Å². The number of hydrogen-bond donors (Lipinski definition) is 1. The monoisotopic (exact) mass is 275 g/mol. The van der Waals surface area contributed by atoms with Crippen molar-refractivity contribution < 1.29 is 14.7 Å². The van der Waals surface area contributed by atoms with Crippen molar-refractivity contribution in [2.75, 3.05) is 6.54 Å². The van der Waals surface area contributed by atoms with Gasteiger partial charge < -0.3 is 10.0 Å². The van der Waals surface area contributed by atoms with Gasteiger partial charge in [0.05, 0.1) is 5.92 Å². The first-order valence-corrected chi connectivity index (χ1v) is 7.15. The molecule has 1 fully saturated rings. The number of aryl methyl sites for hydroxylation is 1. The molecule has 4 nitrogen and oxygen atoms in total. The van der Waals surface area contributed by atoms with Gasteiger partial charge in [0, 0.05) is 18.2 Å². The topological polar surface area (TPSA) is 57.6 Å². The molecule has 1 atom stereocenters. The summed E-state index contributed by atoms with van der Waals surface area (Å²) >= 11 is 0. The van der Waals surface area contributed by atoms with Crippen LogP contribution >= 0.6 is 0 Å². The molecular formula is C16H21NO3. The molecule has 1 amide bonds. The van der Waals surface area contributed by atoms with Crippen molar-refractivity contribution >= 4 is 11.9 Å². The van der Waals surface area contributed by atoms with E-state index in [0.717, 1.165) is 19.3 Å². The number of carboxylic acids is 1. The number of rotatable bonds is 6. The van der Waals surface area contributed by atoms with Gasteiger partial charge in [-0.2, -0.15) is 0 Å². The summed E-state index contributed by atoms with van der Waals surface area (Å²) in [5, 5.41) is 9.02. The molecule has 1 aliphatic rings. The Balaban J connectivity index is 2.11. The van der Waals surface area contributed by atoms with Gasteiger partial charge in [-0.15, -0.1) is 0 Å². The average molecular weight is 275 g/mol. The molecule has 1 aromatic carbocycles. The molecule has 0 saturated heterocycles. The highest BCUT2D eigenvalue weighted by Crippen LogP contribution is 2.29. The molecular weight excluding hydrogens is 254 g/mol. The van der Waals surface area contributed by atoms with Crippen LogP contribution in [0.3, 0.4) is 0 Å². The Morgan fingerprint density at radius 1 is 1.30 bits per heavy atom. The molecule has 108 valence electrons. The molecule has 0 bridgehead atoms. The fourth-order valence-electron chi connectivity index (χ4n) is 2.21. The van der Waals surface area contributed by atoms with Crippen molar-refractivity contribution in [2.24, 2.45) is 5.92 Å². The summed E-state index contributed by atoms with van der Waals surface area (Å²) in [5.41, 5.74) is 1.84. The van der Waals surface area contributed by atoms with E-state index in [2.05, 4.69) is 6.92 Å². The van der Waals surface area contributed by atoms with Gasteiger partial charge in [0.15, 0.2) is 0 Å². The number of benzene rings is 1. The van der Waals surface area contributed by atoms with Crippen LogP contribution in [0.1, 0.15) is 42.6 Å². The van der Waals surface area contributed by atoms with Crippen molar-refractivity contribution in [3.05, 3.63) is 35.4 Å². The first-order chi connectivity index (χ1) is 9.52. The first kappa shape index (κ1) is 14.6. The summed E-state index contributed by atoms with van der Waals surface area (Å²) in [5.74, 6) is -1.44. The van der Waals surface area contributed by atoms with Gasteiger partial charge in [-0.1, -0.05) is 26.0 Å². The van der Waals surface area contributed by atoms with Gasteiger partial charge in [0.2, 0.25) is 0 Å². The zero-order valence-corrected chi connectivity index (χ0v) is 12.0. The lowest BCUT2D eigenvalue weighted by Crippen LogP contribution is -2.38. The first-order valence-electron chi connectivity index (χ1n) is 7.15. The lowest BCUT2D eigenvalue weighted by atomic mass is 10.1. The highest BCUT2D eigenvalue weighted by atomic mass is 16.4. The van der Waals surface area contributed by atoms with E-state index >= 15 is 0 Å². The molecule has 1 aromatic rings. The van der Waals surface area contributed by atoms with Gasteiger partial charge in [-0.3, -0.25) is 9.59 Å². The highest BCUT2D eigenvalue weighted by molar-refractivity contribution is 5.95. The molecule has 0 radical (unpaired) electrons. The van der Waals surface area contributed by atoms with Gasteiger partial charge in [0.25, 0.3) is 5.91 Å². The van der Waals surface area contributed by atoms with E-state index in [-0.39, 0.29) is 18.5 Å². The second-order valence-corrected chi connectivity index (χ2v) is 5.48. The van der Waals surface area contributed by atoms with Crippen LogP contribution in [-0.2, 0) is 11.2 Å². The smallest absolute Gasteiger partial charge is 0.308 e. The SMILES string of the molecule is CCc1ccc(C(=O)N(CC(C)C(=O)O)C2CC2)cc1. The van der Waals surface area contributed by atoms with Gasteiger partial charge in [-0.05, 0) is 37.0 Å². The minimum Gasteiger partial charge on any atom is -0.481 e. The number of hydrogen-bond acceptors (Lipinski definition) is 2. The molecule has 0 heterocycles. The van der Waals surface area contributed by atoms with Gasteiger partial charge in [-0.25, -0.2) is 0 Å². The van der Waals surface area contributed by atoms with E-state index in [4.69, 9.17) is 5.11 Å². The molecule has 2 rings (SSSR count). The molecule has 1 N–H and O–H groups in total. The number of carbonyl (C=O) groups is 2. The summed E-state index contributed by atoms with van der Waals surface area (Å²) in [6.45, 7) is 4.00. The van der Waals surface area contributed by atoms with Crippen LogP contribution in [0.5, 0.6) is 0 Å². The number of amides is 1.